The quantitative estimate of drug-likeness (QED) is 0.606. The maximum atomic E-state index is 5.59. The molecule has 0 spiro atoms. The average Bonchev–Trinajstić information content (AvgIpc) is 2.53. The SMILES string of the molecule is CCOCCN1CCC(CN)C1. The minimum absolute atomic E-state index is 0.728. The monoisotopic (exact) mass is 172 g/mol. The second-order valence-corrected chi connectivity index (χ2v) is 3.39. The molecule has 0 amide bonds. The number of likely N-dealkylation sites (tertiary alicyclic amines) is 1. The van der Waals surface area contributed by atoms with E-state index < -0.39 is 0 Å². The number of hydrogen-bond donors (Lipinski definition) is 1. The minimum atomic E-state index is 0.728. The van der Waals surface area contributed by atoms with Gasteiger partial charge < -0.3 is 15.4 Å². The van der Waals surface area contributed by atoms with Crippen molar-refractivity contribution in [2.45, 2.75) is 13.3 Å². The van der Waals surface area contributed by atoms with Crippen molar-refractivity contribution in [1.29, 1.82) is 0 Å². The minimum Gasteiger partial charge on any atom is -0.380 e. The summed E-state index contributed by atoms with van der Waals surface area (Å²) in [4.78, 5) is 2.44. The molecule has 12 heavy (non-hydrogen) atoms. The molecule has 0 aliphatic carbocycles. The summed E-state index contributed by atoms with van der Waals surface area (Å²) in [5.41, 5.74) is 5.59. The second kappa shape index (κ2) is 5.51. The van der Waals surface area contributed by atoms with Crippen molar-refractivity contribution in [3.63, 3.8) is 0 Å². The number of nitrogens with two attached hydrogens (primary N) is 1. The molecule has 1 aliphatic rings. The van der Waals surface area contributed by atoms with Crippen LogP contribution < -0.4 is 5.73 Å². The summed E-state index contributed by atoms with van der Waals surface area (Å²) in [7, 11) is 0. The lowest BCUT2D eigenvalue weighted by molar-refractivity contribution is 0.120. The maximum Gasteiger partial charge on any atom is 0.0593 e. The van der Waals surface area contributed by atoms with Gasteiger partial charge in [0.25, 0.3) is 0 Å². The van der Waals surface area contributed by atoms with Gasteiger partial charge in [0.2, 0.25) is 0 Å². The van der Waals surface area contributed by atoms with Crippen LogP contribution in [0.15, 0.2) is 0 Å². The van der Waals surface area contributed by atoms with E-state index >= 15 is 0 Å². The van der Waals surface area contributed by atoms with Crippen LogP contribution in [0.1, 0.15) is 13.3 Å². The molecule has 1 saturated heterocycles. The molecule has 0 aromatic heterocycles. The van der Waals surface area contributed by atoms with Crippen molar-refractivity contribution >= 4 is 0 Å². The van der Waals surface area contributed by atoms with Crippen LogP contribution in [-0.4, -0.2) is 44.3 Å². The zero-order valence-electron chi connectivity index (χ0n) is 7.96. The molecular formula is C9H20N2O. The van der Waals surface area contributed by atoms with Crippen LogP contribution in [0.3, 0.4) is 0 Å². The molecule has 2 N–H and O–H groups in total. The molecule has 3 heteroatoms. The Morgan fingerprint density at radius 1 is 1.58 bits per heavy atom. The summed E-state index contributed by atoms with van der Waals surface area (Å²) < 4.78 is 5.29. The van der Waals surface area contributed by atoms with Gasteiger partial charge in [-0.15, -0.1) is 0 Å². The Morgan fingerprint density at radius 2 is 2.42 bits per heavy atom. The van der Waals surface area contributed by atoms with Gasteiger partial charge in [0.05, 0.1) is 6.61 Å². The van der Waals surface area contributed by atoms with Crippen molar-refractivity contribution in [3.05, 3.63) is 0 Å². The topological polar surface area (TPSA) is 38.5 Å². The first-order valence-corrected chi connectivity index (χ1v) is 4.87. The third-order valence-electron chi connectivity index (χ3n) is 2.46. The first-order chi connectivity index (χ1) is 5.86. The summed E-state index contributed by atoms with van der Waals surface area (Å²) >= 11 is 0. The van der Waals surface area contributed by atoms with Gasteiger partial charge in [-0.3, -0.25) is 0 Å². The number of nitrogens with zero attached hydrogens (tertiary/aromatic N) is 1. The summed E-state index contributed by atoms with van der Waals surface area (Å²) in [5, 5.41) is 0. The van der Waals surface area contributed by atoms with Crippen LogP contribution in [0.4, 0.5) is 0 Å². The van der Waals surface area contributed by atoms with Crippen molar-refractivity contribution in [1.82, 2.24) is 4.90 Å². The molecule has 0 saturated carbocycles. The third-order valence-corrected chi connectivity index (χ3v) is 2.46. The van der Waals surface area contributed by atoms with E-state index in [2.05, 4.69) is 4.90 Å². The fourth-order valence-corrected chi connectivity index (χ4v) is 1.65. The Labute approximate surface area is 74.9 Å². The van der Waals surface area contributed by atoms with E-state index in [1.807, 2.05) is 6.92 Å². The van der Waals surface area contributed by atoms with Gasteiger partial charge in [-0.2, -0.15) is 0 Å². The first-order valence-electron chi connectivity index (χ1n) is 4.87. The highest BCUT2D eigenvalue weighted by Gasteiger charge is 2.20. The smallest absolute Gasteiger partial charge is 0.0593 e. The van der Waals surface area contributed by atoms with Gasteiger partial charge >= 0.3 is 0 Å². The molecule has 0 bridgehead atoms. The molecule has 1 unspecified atom stereocenters. The summed E-state index contributed by atoms with van der Waals surface area (Å²) in [6.45, 7) is 8.02. The van der Waals surface area contributed by atoms with Gasteiger partial charge in [-0.1, -0.05) is 0 Å². The van der Waals surface area contributed by atoms with E-state index in [0.717, 1.165) is 32.2 Å². The molecule has 1 rings (SSSR count). The molecule has 0 aromatic rings. The molecular weight excluding hydrogens is 152 g/mol. The van der Waals surface area contributed by atoms with Gasteiger partial charge in [-0.25, -0.2) is 0 Å². The summed E-state index contributed by atoms with van der Waals surface area (Å²) in [5.74, 6) is 0.728. The first kappa shape index (κ1) is 9.96. The number of rotatable bonds is 5. The molecule has 1 heterocycles. The maximum absolute atomic E-state index is 5.59. The van der Waals surface area contributed by atoms with E-state index in [4.69, 9.17) is 10.5 Å². The predicted molar refractivity (Wildman–Crippen MR) is 50.1 cm³/mol. The van der Waals surface area contributed by atoms with Crippen molar-refractivity contribution in [2.24, 2.45) is 11.7 Å². The zero-order chi connectivity index (χ0) is 8.81. The van der Waals surface area contributed by atoms with Gasteiger partial charge in [0, 0.05) is 19.7 Å². The molecule has 1 fully saturated rings. The van der Waals surface area contributed by atoms with E-state index in [9.17, 15) is 0 Å². The van der Waals surface area contributed by atoms with Gasteiger partial charge in [-0.05, 0) is 32.4 Å². The Hall–Kier alpha value is -0.120. The van der Waals surface area contributed by atoms with Crippen LogP contribution >= 0.6 is 0 Å². The second-order valence-electron chi connectivity index (χ2n) is 3.39. The van der Waals surface area contributed by atoms with Gasteiger partial charge in [0.1, 0.15) is 0 Å². The fourth-order valence-electron chi connectivity index (χ4n) is 1.65. The van der Waals surface area contributed by atoms with E-state index in [0.29, 0.717) is 0 Å². The Kier molecular flexibility index (Phi) is 4.58. The molecule has 1 aliphatic heterocycles. The molecule has 0 radical (unpaired) electrons. The Morgan fingerprint density at radius 3 is 3.00 bits per heavy atom. The molecule has 72 valence electrons. The number of hydrogen-bond acceptors (Lipinski definition) is 3. The lowest BCUT2D eigenvalue weighted by Gasteiger charge is -2.14. The lowest BCUT2D eigenvalue weighted by Crippen LogP contribution is -2.26. The Bertz CT molecular complexity index is 119. The van der Waals surface area contributed by atoms with Crippen molar-refractivity contribution < 1.29 is 4.74 Å². The fraction of sp³-hybridized carbons (Fsp3) is 1.00. The van der Waals surface area contributed by atoms with Crippen LogP contribution in [0, 0.1) is 5.92 Å². The third kappa shape index (κ3) is 3.09. The highest BCUT2D eigenvalue weighted by atomic mass is 16.5. The van der Waals surface area contributed by atoms with E-state index in [-0.39, 0.29) is 0 Å². The van der Waals surface area contributed by atoms with Crippen LogP contribution in [0.25, 0.3) is 0 Å². The van der Waals surface area contributed by atoms with Crippen LogP contribution in [0.2, 0.25) is 0 Å². The number of ether oxygens (including phenoxy) is 1. The highest BCUT2D eigenvalue weighted by molar-refractivity contribution is 4.75. The normalized spacial score (nSPS) is 25.0. The highest BCUT2D eigenvalue weighted by Crippen LogP contribution is 2.13. The molecule has 3 nitrogen and oxygen atoms in total. The Balaban J connectivity index is 2.03. The van der Waals surface area contributed by atoms with Crippen molar-refractivity contribution in [3.8, 4) is 0 Å². The summed E-state index contributed by atoms with van der Waals surface area (Å²) in [6.07, 6.45) is 1.27. The van der Waals surface area contributed by atoms with E-state index in [1.54, 1.807) is 0 Å². The van der Waals surface area contributed by atoms with E-state index in [1.165, 1.54) is 19.5 Å². The standard InChI is InChI=1S/C9H20N2O/c1-2-12-6-5-11-4-3-9(7-10)8-11/h9H,2-8,10H2,1H3. The summed E-state index contributed by atoms with van der Waals surface area (Å²) in [6, 6.07) is 0. The zero-order valence-corrected chi connectivity index (χ0v) is 7.96. The molecule has 1 atom stereocenters. The van der Waals surface area contributed by atoms with Crippen molar-refractivity contribution in [2.75, 3.05) is 39.4 Å². The molecule has 0 aromatic carbocycles. The largest absolute Gasteiger partial charge is 0.380 e. The van der Waals surface area contributed by atoms with Crippen LogP contribution in [0.5, 0.6) is 0 Å². The lowest BCUT2D eigenvalue weighted by atomic mass is 10.1. The van der Waals surface area contributed by atoms with Crippen LogP contribution in [-0.2, 0) is 4.74 Å². The average molecular weight is 172 g/mol. The predicted octanol–water partition coefficient (Wildman–Crippen LogP) is 0.304. The van der Waals surface area contributed by atoms with Gasteiger partial charge in [0.15, 0.2) is 0 Å².